The van der Waals surface area contributed by atoms with Gasteiger partial charge in [-0.15, -0.1) is 0 Å². The molecule has 3 N–H and O–H groups in total. The van der Waals surface area contributed by atoms with E-state index < -0.39 is 5.91 Å². The van der Waals surface area contributed by atoms with E-state index in [1.165, 1.54) is 12.8 Å². The monoisotopic (exact) mass is 214 g/mol. The van der Waals surface area contributed by atoms with Gasteiger partial charge in [-0.2, -0.15) is 0 Å². The molecule has 15 heavy (non-hydrogen) atoms. The molecule has 0 spiro atoms. The normalized spacial score (nSPS) is 12.1. The van der Waals surface area contributed by atoms with Gasteiger partial charge in [0.05, 0.1) is 0 Å². The molecule has 2 amide bonds. The van der Waals surface area contributed by atoms with Crippen molar-refractivity contribution in [1.29, 1.82) is 0 Å². The highest BCUT2D eigenvalue weighted by molar-refractivity contribution is 5.95. The molecule has 0 fully saturated rings. The predicted octanol–water partition coefficient (Wildman–Crippen LogP) is 1.19. The van der Waals surface area contributed by atoms with E-state index in [0.29, 0.717) is 12.5 Å². The van der Waals surface area contributed by atoms with Crippen LogP contribution in [0.1, 0.15) is 46.0 Å². The summed E-state index contributed by atoms with van der Waals surface area (Å²) in [5, 5.41) is 2.73. The highest BCUT2D eigenvalue weighted by Crippen LogP contribution is 2.11. The van der Waals surface area contributed by atoms with Gasteiger partial charge >= 0.3 is 0 Å². The van der Waals surface area contributed by atoms with Crippen molar-refractivity contribution in [2.24, 2.45) is 11.7 Å². The van der Waals surface area contributed by atoms with Gasteiger partial charge in [-0.3, -0.25) is 9.59 Å². The van der Waals surface area contributed by atoms with Crippen molar-refractivity contribution in [3.63, 3.8) is 0 Å². The number of unbranched alkanes of at least 4 members (excludes halogenated alkanes) is 1. The summed E-state index contributed by atoms with van der Waals surface area (Å²) >= 11 is 0. The van der Waals surface area contributed by atoms with Crippen LogP contribution in [0.5, 0.6) is 0 Å². The minimum absolute atomic E-state index is 0.204. The third kappa shape index (κ3) is 7.97. The minimum atomic E-state index is -0.575. The van der Waals surface area contributed by atoms with Crippen molar-refractivity contribution in [3.05, 3.63) is 0 Å². The van der Waals surface area contributed by atoms with E-state index in [2.05, 4.69) is 19.2 Å². The van der Waals surface area contributed by atoms with Crippen LogP contribution in [0.25, 0.3) is 0 Å². The number of hydrogen-bond donors (Lipinski definition) is 2. The minimum Gasteiger partial charge on any atom is -0.369 e. The molecule has 0 aliphatic carbocycles. The summed E-state index contributed by atoms with van der Waals surface area (Å²) in [4.78, 5) is 21.6. The maximum absolute atomic E-state index is 11.1. The number of amides is 2. The molecule has 0 aliphatic rings. The van der Waals surface area contributed by atoms with Gasteiger partial charge in [0.2, 0.25) is 11.8 Å². The Bertz CT molecular complexity index is 205. The molecule has 0 aromatic rings. The Morgan fingerprint density at radius 1 is 1.33 bits per heavy atom. The lowest BCUT2D eigenvalue weighted by molar-refractivity contribution is -0.127. The zero-order valence-electron chi connectivity index (χ0n) is 9.71. The lowest BCUT2D eigenvalue weighted by Gasteiger charge is -2.14. The van der Waals surface area contributed by atoms with Crippen LogP contribution in [-0.2, 0) is 9.59 Å². The van der Waals surface area contributed by atoms with Gasteiger partial charge in [0.1, 0.15) is 6.42 Å². The zero-order valence-corrected chi connectivity index (χ0v) is 9.71. The molecule has 1 unspecified atom stereocenters. The first-order chi connectivity index (χ1) is 7.10. The number of rotatable bonds is 8. The average molecular weight is 214 g/mol. The lowest BCUT2D eigenvalue weighted by Crippen LogP contribution is -2.32. The molecule has 0 aliphatic heterocycles. The molecule has 4 nitrogen and oxygen atoms in total. The highest BCUT2D eigenvalue weighted by Gasteiger charge is 2.09. The molecule has 0 heterocycles. The van der Waals surface area contributed by atoms with Crippen molar-refractivity contribution < 1.29 is 9.59 Å². The molecule has 0 aromatic heterocycles. The van der Waals surface area contributed by atoms with Crippen LogP contribution in [0, 0.1) is 5.92 Å². The Balaban J connectivity index is 3.69. The van der Waals surface area contributed by atoms with Crippen LogP contribution in [-0.4, -0.2) is 18.4 Å². The van der Waals surface area contributed by atoms with E-state index >= 15 is 0 Å². The zero-order chi connectivity index (χ0) is 11.7. The van der Waals surface area contributed by atoms with Crippen LogP contribution in [0.2, 0.25) is 0 Å². The van der Waals surface area contributed by atoms with E-state index in [1.54, 1.807) is 0 Å². The fourth-order valence-corrected chi connectivity index (χ4v) is 1.42. The first-order valence-electron chi connectivity index (χ1n) is 5.65. The smallest absolute Gasteiger partial charge is 0.229 e. The average Bonchev–Trinajstić information content (AvgIpc) is 2.17. The summed E-state index contributed by atoms with van der Waals surface area (Å²) in [6, 6.07) is 0. The van der Waals surface area contributed by atoms with Crippen molar-refractivity contribution in [1.82, 2.24) is 5.32 Å². The fraction of sp³-hybridized carbons (Fsp3) is 0.818. The summed E-state index contributed by atoms with van der Waals surface area (Å²) in [5.74, 6) is -0.326. The topological polar surface area (TPSA) is 72.2 Å². The largest absolute Gasteiger partial charge is 0.369 e. The number of hydrogen-bond acceptors (Lipinski definition) is 2. The number of nitrogens with one attached hydrogen (secondary N) is 1. The van der Waals surface area contributed by atoms with E-state index in [4.69, 9.17) is 5.73 Å². The molecule has 0 rings (SSSR count). The van der Waals surface area contributed by atoms with E-state index in [1.807, 2.05) is 0 Å². The van der Waals surface area contributed by atoms with Gasteiger partial charge in [-0.1, -0.05) is 33.1 Å². The summed E-state index contributed by atoms with van der Waals surface area (Å²) in [5.41, 5.74) is 4.91. The maximum atomic E-state index is 11.1. The summed E-state index contributed by atoms with van der Waals surface area (Å²) in [6.07, 6.45) is 4.33. The first-order valence-corrected chi connectivity index (χ1v) is 5.65. The third-order valence-corrected chi connectivity index (χ3v) is 2.47. The Hall–Kier alpha value is -1.06. The van der Waals surface area contributed by atoms with Crippen LogP contribution < -0.4 is 11.1 Å². The van der Waals surface area contributed by atoms with Crippen molar-refractivity contribution in [3.8, 4) is 0 Å². The molecule has 88 valence electrons. The lowest BCUT2D eigenvalue weighted by atomic mass is 9.99. The Morgan fingerprint density at radius 2 is 2.00 bits per heavy atom. The highest BCUT2D eigenvalue weighted by atomic mass is 16.2. The number of primary amides is 1. The van der Waals surface area contributed by atoms with Gasteiger partial charge in [-0.25, -0.2) is 0 Å². The van der Waals surface area contributed by atoms with E-state index in [-0.39, 0.29) is 12.3 Å². The molecular formula is C11H22N2O2. The molecule has 0 saturated heterocycles. The van der Waals surface area contributed by atoms with Gasteiger partial charge in [-0.05, 0) is 12.3 Å². The number of nitrogens with two attached hydrogens (primary N) is 1. The molecular weight excluding hydrogens is 192 g/mol. The molecule has 0 saturated carbocycles. The Kier molecular flexibility index (Phi) is 7.68. The molecule has 0 aromatic carbocycles. The maximum Gasteiger partial charge on any atom is 0.229 e. The van der Waals surface area contributed by atoms with Crippen molar-refractivity contribution >= 4 is 11.8 Å². The van der Waals surface area contributed by atoms with Crippen molar-refractivity contribution in [2.75, 3.05) is 6.54 Å². The number of carbonyl (C=O) groups is 2. The predicted molar refractivity (Wildman–Crippen MR) is 60.1 cm³/mol. The first kappa shape index (κ1) is 13.9. The summed E-state index contributed by atoms with van der Waals surface area (Å²) in [6.45, 7) is 4.92. The quantitative estimate of drug-likeness (QED) is 0.596. The molecule has 0 radical (unpaired) electrons. The van der Waals surface area contributed by atoms with Gasteiger partial charge in [0.25, 0.3) is 0 Å². The summed E-state index contributed by atoms with van der Waals surface area (Å²) < 4.78 is 0. The summed E-state index contributed by atoms with van der Waals surface area (Å²) in [7, 11) is 0. The molecule has 0 bridgehead atoms. The second kappa shape index (κ2) is 8.26. The SMILES string of the molecule is CCCCC(CC)CNC(=O)CC(N)=O. The van der Waals surface area contributed by atoms with E-state index in [9.17, 15) is 9.59 Å². The van der Waals surface area contributed by atoms with Gasteiger partial charge < -0.3 is 11.1 Å². The van der Waals surface area contributed by atoms with Crippen LogP contribution >= 0.6 is 0 Å². The molecule has 4 heteroatoms. The van der Waals surface area contributed by atoms with Gasteiger partial charge in [0, 0.05) is 6.54 Å². The molecule has 1 atom stereocenters. The van der Waals surface area contributed by atoms with Crippen LogP contribution in [0.3, 0.4) is 0 Å². The standard InChI is InChI=1S/C11H22N2O2/c1-3-5-6-9(4-2)8-13-11(15)7-10(12)14/h9H,3-8H2,1-2H3,(H2,12,14)(H,13,15). The van der Waals surface area contributed by atoms with Crippen LogP contribution in [0.4, 0.5) is 0 Å². The Labute approximate surface area is 91.6 Å². The van der Waals surface area contributed by atoms with Crippen LogP contribution in [0.15, 0.2) is 0 Å². The Morgan fingerprint density at radius 3 is 2.47 bits per heavy atom. The van der Waals surface area contributed by atoms with Crippen molar-refractivity contribution in [2.45, 2.75) is 46.0 Å². The van der Waals surface area contributed by atoms with Gasteiger partial charge in [0.15, 0.2) is 0 Å². The second-order valence-corrected chi connectivity index (χ2v) is 3.86. The third-order valence-electron chi connectivity index (χ3n) is 2.47. The fourth-order valence-electron chi connectivity index (χ4n) is 1.42. The van der Waals surface area contributed by atoms with E-state index in [0.717, 1.165) is 12.8 Å². The second-order valence-electron chi connectivity index (χ2n) is 3.86. The number of carbonyl (C=O) groups excluding carboxylic acids is 2.